The van der Waals surface area contributed by atoms with Gasteiger partial charge in [0.15, 0.2) is 0 Å². The number of fused-ring (bicyclic) bond motifs is 1. The van der Waals surface area contributed by atoms with Gasteiger partial charge in [-0.2, -0.15) is 0 Å². The third kappa shape index (κ3) is 5.61. The number of carbonyl (C=O) groups excluding carboxylic acids is 2. The van der Waals surface area contributed by atoms with Gasteiger partial charge in [0.1, 0.15) is 0 Å². The summed E-state index contributed by atoms with van der Waals surface area (Å²) >= 11 is -0.790. The molecule has 1 saturated carbocycles. The van der Waals surface area contributed by atoms with Crippen molar-refractivity contribution >= 4 is 20.7 Å². The molecule has 1 aliphatic carbocycles. The summed E-state index contributed by atoms with van der Waals surface area (Å²) in [6.07, 6.45) is 4.43. The average molecular weight is 594 g/mol. The Morgan fingerprint density at radius 1 is 0.944 bits per heavy atom. The summed E-state index contributed by atoms with van der Waals surface area (Å²) in [7, 11) is 1.63. The molecule has 186 valence electrons. The normalized spacial score (nSPS) is 17.7. The Morgan fingerprint density at radius 3 is 2.33 bits per heavy atom. The topological polar surface area (TPSA) is 84.1 Å². The molecule has 1 aromatic heterocycles. The first-order chi connectivity index (χ1) is 17.5. The predicted molar refractivity (Wildman–Crippen MR) is 136 cm³/mol. The van der Waals surface area contributed by atoms with E-state index < -0.39 is 21.2 Å². The van der Waals surface area contributed by atoms with Crippen molar-refractivity contribution in [3.63, 3.8) is 0 Å². The maximum absolute atomic E-state index is 12.8. The molecule has 36 heavy (non-hydrogen) atoms. The van der Waals surface area contributed by atoms with Crippen molar-refractivity contribution in [2.75, 3.05) is 7.11 Å². The van der Waals surface area contributed by atoms with Gasteiger partial charge < -0.3 is 0 Å². The molecule has 0 saturated heterocycles. The van der Waals surface area contributed by atoms with Gasteiger partial charge in [-0.1, -0.05) is 6.92 Å². The molecule has 1 heterocycles. The average Bonchev–Trinajstić information content (AvgIpc) is 3.34. The zero-order valence-electron chi connectivity index (χ0n) is 20.4. The number of imidazole rings is 1. The van der Waals surface area contributed by atoms with Gasteiger partial charge in [-0.3, -0.25) is 0 Å². The fourth-order valence-corrected chi connectivity index (χ4v) is 6.46. The first-order valence-corrected chi connectivity index (χ1v) is 14.4. The van der Waals surface area contributed by atoms with Crippen LogP contribution in [0.4, 0.5) is 0 Å². The fourth-order valence-electron chi connectivity index (χ4n) is 4.51. The molecule has 1 fully saturated rings. The Labute approximate surface area is 221 Å². The van der Waals surface area contributed by atoms with E-state index in [0.717, 1.165) is 44.7 Å². The van der Waals surface area contributed by atoms with Crippen molar-refractivity contribution in [2.45, 2.75) is 38.6 Å². The number of nitrogens with zero attached hydrogens (tertiary/aromatic N) is 1. The minimum absolute atomic E-state index is 0.0318. The van der Waals surface area contributed by atoms with E-state index in [1.54, 1.807) is 7.11 Å². The van der Waals surface area contributed by atoms with E-state index in [0.29, 0.717) is 17.0 Å². The molecular formula is C29H29IN3O3-. The first kappa shape index (κ1) is 24.5. The molecule has 4 aromatic rings. The summed E-state index contributed by atoms with van der Waals surface area (Å²) in [6, 6.07) is 21.1. The number of carbonyl (C=O) groups is 2. The Hall–Kier alpha value is -3.20. The zero-order valence-corrected chi connectivity index (χ0v) is 22.5. The van der Waals surface area contributed by atoms with E-state index in [-0.39, 0.29) is 15.7 Å². The van der Waals surface area contributed by atoms with Gasteiger partial charge in [-0.05, 0) is 31.6 Å². The summed E-state index contributed by atoms with van der Waals surface area (Å²) in [6.45, 7) is 2.27. The van der Waals surface area contributed by atoms with Crippen LogP contribution in [0.1, 0.15) is 53.3 Å². The number of benzene rings is 3. The van der Waals surface area contributed by atoms with Crippen molar-refractivity contribution in [1.82, 2.24) is 15.3 Å². The van der Waals surface area contributed by atoms with Gasteiger partial charge in [0.25, 0.3) is 0 Å². The van der Waals surface area contributed by atoms with Gasteiger partial charge in [0.2, 0.25) is 0 Å². The molecule has 1 amide bonds. The van der Waals surface area contributed by atoms with Crippen LogP contribution in [0.3, 0.4) is 0 Å². The number of hydrogen-bond acceptors (Lipinski definition) is 4. The molecule has 6 nitrogen and oxygen atoms in total. The molecular weight excluding hydrogens is 565 g/mol. The van der Waals surface area contributed by atoms with E-state index in [4.69, 9.17) is 4.74 Å². The van der Waals surface area contributed by atoms with Crippen LogP contribution in [-0.4, -0.2) is 32.8 Å². The summed E-state index contributed by atoms with van der Waals surface area (Å²) in [5.74, 6) is 2.22. The number of H-pyrrole nitrogens is 1. The number of methoxy groups -OCH3 is 1. The number of rotatable bonds is 7. The Kier molecular flexibility index (Phi) is 7.36. The number of amides is 1. The van der Waals surface area contributed by atoms with Crippen LogP contribution < -0.4 is 31.3 Å². The molecule has 0 radical (unpaired) electrons. The number of nitrogens with one attached hydrogen (secondary N) is 2. The van der Waals surface area contributed by atoms with Crippen LogP contribution in [0.2, 0.25) is 0 Å². The number of halogens is 1. The standard InChI is InChI=1S/C29H29IN3O3/c1-18-3-12-23(13-4-18)31-29(35)21-9-16-25-26(17-21)33-28(32-25)20-7-5-19(6-8-20)27(34)30-22-10-14-24(36-2)15-11-22/h5-11,14-18,23H,3-4,12-13H2,1-2H3,(H,31,35)(H,32,33)/q-1. The molecule has 0 spiro atoms. The van der Waals surface area contributed by atoms with Gasteiger partial charge in [0.05, 0.1) is 0 Å². The SMILES string of the molecule is COc1ccc([I-]C(=O)c2ccc(-c3nc4ccc(C(=O)NC5CCC(C)CC5)cc4[nH]3)cc2)cc1. The third-order valence-electron chi connectivity index (χ3n) is 6.72. The first-order valence-electron chi connectivity index (χ1n) is 12.2. The van der Waals surface area contributed by atoms with Crippen molar-refractivity contribution in [1.29, 1.82) is 0 Å². The van der Waals surface area contributed by atoms with Gasteiger partial charge in [-0.25, -0.2) is 0 Å². The summed E-state index contributed by atoms with van der Waals surface area (Å²) in [5, 5.41) is 3.19. The van der Waals surface area contributed by atoms with Crippen molar-refractivity contribution < 1.29 is 35.5 Å². The van der Waals surface area contributed by atoms with Crippen LogP contribution in [-0.2, 0) is 0 Å². The summed E-state index contributed by atoms with van der Waals surface area (Å²) < 4.78 is 6.41. The minimum atomic E-state index is -0.790. The number of hydrogen-bond donors (Lipinski definition) is 2. The maximum atomic E-state index is 12.8. The van der Waals surface area contributed by atoms with Crippen LogP contribution in [0.25, 0.3) is 22.4 Å². The van der Waals surface area contributed by atoms with Crippen molar-refractivity contribution in [3.05, 3.63) is 81.4 Å². The Bertz CT molecular complexity index is 1370. The second kappa shape index (κ2) is 10.8. The molecule has 0 bridgehead atoms. The predicted octanol–water partition coefficient (Wildman–Crippen LogP) is 2.65. The quantitative estimate of drug-likeness (QED) is 0.255. The monoisotopic (exact) mass is 594 g/mol. The molecule has 1 aliphatic rings. The van der Waals surface area contributed by atoms with Crippen molar-refractivity contribution in [2.24, 2.45) is 5.92 Å². The number of ether oxygens (including phenoxy) is 1. The van der Waals surface area contributed by atoms with Crippen LogP contribution >= 0.6 is 0 Å². The Balaban J connectivity index is 1.26. The van der Waals surface area contributed by atoms with E-state index in [9.17, 15) is 9.59 Å². The van der Waals surface area contributed by atoms with Gasteiger partial charge >= 0.3 is 177 Å². The third-order valence-corrected chi connectivity index (χ3v) is 9.18. The molecule has 7 heteroatoms. The molecule has 0 atom stereocenters. The second-order valence-corrected chi connectivity index (χ2v) is 12.1. The fraction of sp³-hybridized carbons (Fsp3) is 0.276. The number of aromatic nitrogens is 2. The molecule has 0 unspecified atom stereocenters. The second-order valence-electron chi connectivity index (χ2n) is 9.35. The van der Waals surface area contributed by atoms with E-state index >= 15 is 0 Å². The van der Waals surface area contributed by atoms with Crippen LogP contribution in [0, 0.1) is 9.49 Å². The number of aromatic amines is 1. The van der Waals surface area contributed by atoms with Crippen molar-refractivity contribution in [3.8, 4) is 17.1 Å². The molecule has 5 rings (SSSR count). The van der Waals surface area contributed by atoms with Gasteiger partial charge in [-0.15, -0.1) is 0 Å². The van der Waals surface area contributed by atoms with E-state index in [1.807, 2.05) is 66.7 Å². The molecule has 3 aromatic carbocycles. The summed E-state index contributed by atoms with van der Waals surface area (Å²) in [4.78, 5) is 33.6. The molecule has 0 aliphatic heterocycles. The zero-order chi connectivity index (χ0) is 25.1. The van der Waals surface area contributed by atoms with Crippen LogP contribution in [0.5, 0.6) is 5.75 Å². The summed E-state index contributed by atoms with van der Waals surface area (Å²) in [5.41, 5.74) is 3.86. The Morgan fingerprint density at radius 2 is 1.64 bits per heavy atom. The van der Waals surface area contributed by atoms with Gasteiger partial charge in [0, 0.05) is 6.04 Å². The van der Waals surface area contributed by atoms with Crippen LogP contribution in [0.15, 0.2) is 66.7 Å². The van der Waals surface area contributed by atoms with E-state index in [1.165, 1.54) is 12.8 Å². The van der Waals surface area contributed by atoms with E-state index in [2.05, 4.69) is 22.2 Å². The molecule has 2 N–H and O–H groups in total.